The summed E-state index contributed by atoms with van der Waals surface area (Å²) in [6.07, 6.45) is 2.92. The Labute approximate surface area is 137 Å². The molecule has 1 atom stereocenters. The van der Waals surface area contributed by atoms with E-state index in [0.29, 0.717) is 17.4 Å². The minimum atomic E-state index is -0.309. The number of rotatable bonds is 6. The fourth-order valence-corrected chi connectivity index (χ4v) is 3.11. The normalized spacial score (nSPS) is 12.7. The van der Waals surface area contributed by atoms with Gasteiger partial charge in [0, 0.05) is 23.2 Å². The standard InChI is InChI=1S/C15H17ClN4OS/c1-9(21)2-5-14-19-12-4-3-10(6-13(12)20-14)17-7-11-8-18-15(16)22-11/h3-4,6,8-9,17,21H,2,5,7H2,1H3,(H,19,20). The molecule has 116 valence electrons. The highest BCUT2D eigenvalue weighted by Gasteiger charge is 2.06. The van der Waals surface area contributed by atoms with Gasteiger partial charge in [0.25, 0.3) is 0 Å². The molecule has 1 aromatic carbocycles. The molecule has 7 heteroatoms. The fourth-order valence-electron chi connectivity index (χ4n) is 2.19. The number of aliphatic hydroxyl groups excluding tert-OH is 1. The smallest absolute Gasteiger partial charge is 0.183 e. The molecule has 0 aliphatic heterocycles. The number of hydrogen-bond acceptors (Lipinski definition) is 5. The van der Waals surface area contributed by atoms with Crippen LogP contribution in [0.2, 0.25) is 4.47 Å². The summed E-state index contributed by atoms with van der Waals surface area (Å²) in [5, 5.41) is 12.7. The van der Waals surface area contributed by atoms with Crippen molar-refractivity contribution < 1.29 is 5.11 Å². The van der Waals surface area contributed by atoms with E-state index in [2.05, 4.69) is 20.3 Å². The molecular formula is C15H17ClN4OS. The molecule has 22 heavy (non-hydrogen) atoms. The summed E-state index contributed by atoms with van der Waals surface area (Å²) >= 11 is 7.30. The first-order valence-electron chi connectivity index (χ1n) is 7.11. The van der Waals surface area contributed by atoms with Crippen LogP contribution in [0.15, 0.2) is 24.4 Å². The molecule has 3 aromatic rings. The summed E-state index contributed by atoms with van der Waals surface area (Å²) in [7, 11) is 0. The average Bonchev–Trinajstić information content (AvgIpc) is 3.08. The Kier molecular flexibility index (Phi) is 4.61. The van der Waals surface area contributed by atoms with Crippen molar-refractivity contribution in [3.63, 3.8) is 0 Å². The van der Waals surface area contributed by atoms with Crippen LogP contribution in [0.25, 0.3) is 11.0 Å². The molecule has 0 spiro atoms. The van der Waals surface area contributed by atoms with Crippen molar-refractivity contribution in [2.45, 2.75) is 32.4 Å². The minimum absolute atomic E-state index is 0.309. The van der Waals surface area contributed by atoms with Crippen LogP contribution < -0.4 is 5.32 Å². The first kappa shape index (κ1) is 15.3. The van der Waals surface area contributed by atoms with Gasteiger partial charge in [-0.1, -0.05) is 11.6 Å². The van der Waals surface area contributed by atoms with Gasteiger partial charge in [-0.15, -0.1) is 11.3 Å². The summed E-state index contributed by atoms with van der Waals surface area (Å²) in [4.78, 5) is 12.9. The monoisotopic (exact) mass is 336 g/mol. The number of thiazole rings is 1. The average molecular weight is 337 g/mol. The van der Waals surface area contributed by atoms with E-state index >= 15 is 0 Å². The summed E-state index contributed by atoms with van der Waals surface area (Å²) in [6.45, 7) is 2.48. The molecule has 3 N–H and O–H groups in total. The van der Waals surface area contributed by atoms with Gasteiger partial charge in [-0.2, -0.15) is 0 Å². The number of aryl methyl sites for hydroxylation is 1. The number of benzene rings is 1. The maximum absolute atomic E-state index is 9.35. The summed E-state index contributed by atoms with van der Waals surface area (Å²) < 4.78 is 0.559. The summed E-state index contributed by atoms with van der Waals surface area (Å²) in [5.41, 5.74) is 2.95. The van der Waals surface area contributed by atoms with Gasteiger partial charge in [-0.3, -0.25) is 0 Å². The Bertz CT molecular complexity index is 768. The summed E-state index contributed by atoms with van der Waals surface area (Å²) in [6, 6.07) is 6.03. The van der Waals surface area contributed by atoms with Crippen molar-refractivity contribution >= 4 is 39.7 Å². The lowest BCUT2D eigenvalue weighted by Crippen LogP contribution is -2.02. The highest BCUT2D eigenvalue weighted by atomic mass is 35.5. The van der Waals surface area contributed by atoms with E-state index in [9.17, 15) is 5.11 Å². The molecule has 0 saturated carbocycles. The number of halogens is 1. The molecule has 1 unspecified atom stereocenters. The molecule has 5 nitrogen and oxygen atoms in total. The zero-order valence-corrected chi connectivity index (χ0v) is 13.7. The molecule has 2 aromatic heterocycles. The first-order valence-corrected chi connectivity index (χ1v) is 8.30. The van der Waals surface area contributed by atoms with Crippen molar-refractivity contribution in [2.75, 3.05) is 5.32 Å². The Balaban J connectivity index is 1.69. The lowest BCUT2D eigenvalue weighted by Gasteiger charge is -2.03. The van der Waals surface area contributed by atoms with Crippen LogP contribution in [0, 0.1) is 0 Å². The Morgan fingerprint density at radius 2 is 2.32 bits per heavy atom. The van der Waals surface area contributed by atoms with Crippen molar-refractivity contribution in [1.29, 1.82) is 0 Å². The van der Waals surface area contributed by atoms with Gasteiger partial charge in [-0.05, 0) is 31.5 Å². The van der Waals surface area contributed by atoms with Gasteiger partial charge in [0.15, 0.2) is 4.47 Å². The number of aliphatic hydroxyl groups is 1. The third-order valence-electron chi connectivity index (χ3n) is 3.32. The van der Waals surface area contributed by atoms with Crippen molar-refractivity contribution in [3.8, 4) is 0 Å². The van der Waals surface area contributed by atoms with Gasteiger partial charge in [0.1, 0.15) is 5.82 Å². The second-order valence-corrected chi connectivity index (χ2v) is 6.93. The number of aromatic nitrogens is 3. The zero-order chi connectivity index (χ0) is 15.5. The highest BCUT2D eigenvalue weighted by Crippen LogP contribution is 2.21. The van der Waals surface area contributed by atoms with Crippen molar-refractivity contribution in [1.82, 2.24) is 15.0 Å². The summed E-state index contributed by atoms with van der Waals surface area (Å²) in [5.74, 6) is 0.905. The van der Waals surface area contributed by atoms with Gasteiger partial charge < -0.3 is 15.4 Å². The van der Waals surface area contributed by atoms with Crippen molar-refractivity contribution in [3.05, 3.63) is 39.6 Å². The molecule has 0 saturated heterocycles. The molecule has 2 heterocycles. The van der Waals surface area contributed by atoms with E-state index < -0.39 is 0 Å². The second kappa shape index (κ2) is 6.64. The van der Waals surface area contributed by atoms with Crippen LogP contribution in [0.3, 0.4) is 0 Å². The predicted octanol–water partition coefficient (Wildman–Crippen LogP) is 3.60. The predicted molar refractivity (Wildman–Crippen MR) is 90.5 cm³/mol. The third-order valence-corrected chi connectivity index (χ3v) is 4.44. The van der Waals surface area contributed by atoms with Gasteiger partial charge in [-0.25, -0.2) is 9.97 Å². The Morgan fingerprint density at radius 1 is 1.45 bits per heavy atom. The van der Waals surface area contributed by atoms with Crippen LogP contribution in [0.1, 0.15) is 24.0 Å². The Hall–Kier alpha value is -1.63. The number of anilines is 1. The van der Waals surface area contributed by atoms with E-state index in [0.717, 1.165) is 33.8 Å². The second-order valence-electron chi connectivity index (χ2n) is 5.24. The van der Waals surface area contributed by atoms with E-state index in [1.165, 1.54) is 11.3 Å². The van der Waals surface area contributed by atoms with Crippen LogP contribution in [-0.2, 0) is 13.0 Å². The fraction of sp³-hybridized carbons (Fsp3) is 0.333. The molecule has 0 aliphatic carbocycles. The molecule has 0 bridgehead atoms. The lowest BCUT2D eigenvalue weighted by atomic mass is 10.2. The largest absolute Gasteiger partial charge is 0.393 e. The number of H-pyrrole nitrogens is 1. The maximum atomic E-state index is 9.35. The van der Waals surface area contributed by atoms with Crippen molar-refractivity contribution in [2.24, 2.45) is 0 Å². The zero-order valence-electron chi connectivity index (χ0n) is 12.1. The van der Waals surface area contributed by atoms with Crippen LogP contribution in [-0.4, -0.2) is 26.2 Å². The number of nitrogens with one attached hydrogen (secondary N) is 2. The number of nitrogens with zero attached hydrogens (tertiary/aromatic N) is 2. The van der Waals surface area contributed by atoms with E-state index in [1.807, 2.05) is 18.2 Å². The van der Waals surface area contributed by atoms with E-state index in [1.54, 1.807) is 13.1 Å². The molecule has 0 amide bonds. The topological polar surface area (TPSA) is 73.8 Å². The molecular weight excluding hydrogens is 320 g/mol. The quantitative estimate of drug-likeness (QED) is 0.643. The van der Waals surface area contributed by atoms with E-state index in [-0.39, 0.29) is 6.10 Å². The SMILES string of the molecule is CC(O)CCc1nc2ccc(NCc3cnc(Cl)s3)cc2[nH]1. The molecule has 0 radical (unpaired) electrons. The first-order chi connectivity index (χ1) is 10.6. The van der Waals surface area contributed by atoms with Gasteiger partial charge in [0.05, 0.1) is 23.7 Å². The van der Waals surface area contributed by atoms with E-state index in [4.69, 9.17) is 11.6 Å². The molecule has 0 fully saturated rings. The minimum Gasteiger partial charge on any atom is -0.393 e. The lowest BCUT2D eigenvalue weighted by molar-refractivity contribution is 0.184. The van der Waals surface area contributed by atoms with Gasteiger partial charge >= 0.3 is 0 Å². The third kappa shape index (κ3) is 3.76. The number of hydrogen-bond donors (Lipinski definition) is 3. The highest BCUT2D eigenvalue weighted by molar-refractivity contribution is 7.15. The van der Waals surface area contributed by atoms with Gasteiger partial charge in [0.2, 0.25) is 0 Å². The molecule has 3 rings (SSSR count). The number of imidazole rings is 1. The van der Waals surface area contributed by atoms with Crippen LogP contribution in [0.4, 0.5) is 5.69 Å². The van der Waals surface area contributed by atoms with Crippen LogP contribution in [0.5, 0.6) is 0 Å². The maximum Gasteiger partial charge on any atom is 0.183 e. The number of aromatic amines is 1. The molecule has 0 aliphatic rings. The number of fused-ring (bicyclic) bond motifs is 1. The Morgan fingerprint density at radius 3 is 3.05 bits per heavy atom. The van der Waals surface area contributed by atoms with Crippen LogP contribution >= 0.6 is 22.9 Å².